The summed E-state index contributed by atoms with van der Waals surface area (Å²) in [5, 5.41) is 11.9. The Labute approximate surface area is 135 Å². The smallest absolute Gasteiger partial charge is 0.0656 e. The van der Waals surface area contributed by atoms with Crippen molar-refractivity contribution in [2.24, 2.45) is 0 Å². The molecule has 0 aliphatic carbocycles. The number of benzene rings is 2. The van der Waals surface area contributed by atoms with Gasteiger partial charge in [0.05, 0.1) is 11.7 Å². The van der Waals surface area contributed by atoms with Gasteiger partial charge < -0.3 is 5.32 Å². The van der Waals surface area contributed by atoms with Gasteiger partial charge in [-0.25, -0.2) is 0 Å². The number of nitrogens with zero attached hydrogens (tertiary/aromatic N) is 2. The quantitative estimate of drug-likeness (QED) is 0.765. The molecule has 2 aliphatic rings. The zero-order chi connectivity index (χ0) is 15.4. The summed E-state index contributed by atoms with van der Waals surface area (Å²) in [5.41, 5.74) is 7.99. The van der Waals surface area contributed by atoms with Crippen molar-refractivity contribution < 1.29 is 0 Å². The van der Waals surface area contributed by atoms with Gasteiger partial charge in [0.1, 0.15) is 0 Å². The summed E-state index contributed by atoms with van der Waals surface area (Å²) < 4.78 is 0. The highest BCUT2D eigenvalue weighted by molar-refractivity contribution is 5.96. The molecule has 0 radical (unpaired) electrons. The molecule has 0 spiro atoms. The van der Waals surface area contributed by atoms with Crippen molar-refractivity contribution in [2.45, 2.75) is 26.1 Å². The second-order valence-electron chi connectivity index (χ2n) is 6.79. The molecule has 0 bridgehead atoms. The minimum Gasteiger partial charge on any atom is -0.314 e. The number of aryl methyl sites for hydroxylation is 1. The van der Waals surface area contributed by atoms with Gasteiger partial charge in [-0.05, 0) is 46.9 Å². The van der Waals surface area contributed by atoms with Gasteiger partial charge in [-0.15, -0.1) is 0 Å². The minimum atomic E-state index is 0.713. The Bertz CT molecular complexity index is 892. The molecule has 2 N–H and O–H groups in total. The zero-order valence-corrected chi connectivity index (χ0v) is 13.3. The Kier molecular flexibility index (Phi) is 2.84. The van der Waals surface area contributed by atoms with E-state index in [1.165, 1.54) is 33.2 Å². The standard InChI is InChI=1S/C19H20N4/c1-12-2-5-18-17(9-21-22-18)19(12)13-3-4-14-10-23(11-15(14)6-13)16-7-20-8-16/h2-6,9,16,20H,7-8,10-11H2,1H3,(H,21,22). The molecule has 5 rings (SSSR count). The van der Waals surface area contributed by atoms with E-state index >= 15 is 0 Å². The number of hydrogen-bond donors (Lipinski definition) is 2. The summed E-state index contributed by atoms with van der Waals surface area (Å²) in [6.45, 7) is 6.62. The lowest BCUT2D eigenvalue weighted by Gasteiger charge is -2.35. The third-order valence-electron chi connectivity index (χ3n) is 5.35. The van der Waals surface area contributed by atoms with E-state index in [9.17, 15) is 0 Å². The van der Waals surface area contributed by atoms with Crippen molar-refractivity contribution in [2.75, 3.05) is 13.1 Å². The first-order chi connectivity index (χ1) is 11.3. The van der Waals surface area contributed by atoms with E-state index in [2.05, 4.69) is 57.7 Å². The van der Waals surface area contributed by atoms with Gasteiger partial charge in [0.2, 0.25) is 0 Å². The lowest BCUT2D eigenvalue weighted by atomic mass is 9.94. The molecule has 0 amide bonds. The second kappa shape index (κ2) is 4.91. The van der Waals surface area contributed by atoms with Crippen LogP contribution in [0, 0.1) is 6.92 Å². The van der Waals surface area contributed by atoms with Crippen LogP contribution in [0.1, 0.15) is 16.7 Å². The number of rotatable bonds is 2. The van der Waals surface area contributed by atoms with E-state index < -0.39 is 0 Å². The average molecular weight is 304 g/mol. The number of H-pyrrole nitrogens is 1. The van der Waals surface area contributed by atoms with Crippen LogP contribution in [0.2, 0.25) is 0 Å². The van der Waals surface area contributed by atoms with Crippen molar-refractivity contribution in [1.82, 2.24) is 20.4 Å². The van der Waals surface area contributed by atoms with Crippen LogP contribution in [0.15, 0.2) is 36.5 Å². The molecule has 3 aromatic rings. The first-order valence-corrected chi connectivity index (χ1v) is 8.29. The van der Waals surface area contributed by atoms with Crippen molar-refractivity contribution in [1.29, 1.82) is 0 Å². The molecule has 1 fully saturated rings. The van der Waals surface area contributed by atoms with Gasteiger partial charge in [0.25, 0.3) is 0 Å². The molecular formula is C19H20N4. The van der Waals surface area contributed by atoms with Gasteiger partial charge >= 0.3 is 0 Å². The third kappa shape index (κ3) is 2.02. The molecule has 1 saturated heterocycles. The largest absolute Gasteiger partial charge is 0.314 e. The number of aromatic amines is 1. The zero-order valence-electron chi connectivity index (χ0n) is 13.3. The molecule has 1 aromatic heterocycles. The van der Waals surface area contributed by atoms with Gasteiger partial charge in [-0.3, -0.25) is 10.00 Å². The molecule has 116 valence electrons. The Balaban J connectivity index is 1.57. The molecular weight excluding hydrogens is 284 g/mol. The fourth-order valence-corrected chi connectivity index (χ4v) is 3.88. The molecule has 0 atom stereocenters. The van der Waals surface area contributed by atoms with Crippen LogP contribution in [0.25, 0.3) is 22.0 Å². The molecule has 4 nitrogen and oxygen atoms in total. The Morgan fingerprint density at radius 2 is 1.96 bits per heavy atom. The summed E-state index contributed by atoms with van der Waals surface area (Å²) in [5.74, 6) is 0. The van der Waals surface area contributed by atoms with Crippen LogP contribution >= 0.6 is 0 Å². The van der Waals surface area contributed by atoms with Crippen LogP contribution < -0.4 is 5.32 Å². The van der Waals surface area contributed by atoms with Crippen LogP contribution in [-0.2, 0) is 13.1 Å². The maximum Gasteiger partial charge on any atom is 0.0656 e. The average Bonchev–Trinajstić information content (AvgIpc) is 3.10. The van der Waals surface area contributed by atoms with Crippen LogP contribution in [-0.4, -0.2) is 34.2 Å². The fraction of sp³-hybridized carbons (Fsp3) is 0.316. The summed E-state index contributed by atoms with van der Waals surface area (Å²) in [6.07, 6.45) is 1.94. The number of hydrogen-bond acceptors (Lipinski definition) is 3. The highest BCUT2D eigenvalue weighted by Crippen LogP contribution is 2.34. The lowest BCUT2D eigenvalue weighted by Crippen LogP contribution is -2.55. The topological polar surface area (TPSA) is 44.0 Å². The lowest BCUT2D eigenvalue weighted by molar-refractivity contribution is 0.145. The van der Waals surface area contributed by atoms with Crippen molar-refractivity contribution in [3.8, 4) is 11.1 Å². The highest BCUT2D eigenvalue weighted by atomic mass is 15.2. The van der Waals surface area contributed by atoms with Gasteiger partial charge in [0.15, 0.2) is 0 Å². The van der Waals surface area contributed by atoms with Crippen molar-refractivity contribution in [3.63, 3.8) is 0 Å². The van der Waals surface area contributed by atoms with Crippen LogP contribution in [0.4, 0.5) is 0 Å². The van der Waals surface area contributed by atoms with E-state index in [1.54, 1.807) is 0 Å². The molecule has 0 unspecified atom stereocenters. The maximum atomic E-state index is 4.21. The summed E-state index contributed by atoms with van der Waals surface area (Å²) in [4.78, 5) is 2.59. The first kappa shape index (κ1) is 13.3. The highest BCUT2D eigenvalue weighted by Gasteiger charge is 2.29. The van der Waals surface area contributed by atoms with Crippen LogP contribution in [0.5, 0.6) is 0 Å². The van der Waals surface area contributed by atoms with E-state index in [0.717, 1.165) is 31.7 Å². The van der Waals surface area contributed by atoms with E-state index in [-0.39, 0.29) is 0 Å². The monoisotopic (exact) mass is 304 g/mol. The fourth-order valence-electron chi connectivity index (χ4n) is 3.88. The predicted octanol–water partition coefficient (Wildman–Crippen LogP) is 2.83. The molecule has 2 aromatic carbocycles. The van der Waals surface area contributed by atoms with E-state index in [4.69, 9.17) is 0 Å². The number of fused-ring (bicyclic) bond motifs is 2. The van der Waals surface area contributed by atoms with E-state index in [1.807, 2.05) is 6.20 Å². The van der Waals surface area contributed by atoms with Crippen molar-refractivity contribution in [3.05, 3.63) is 53.2 Å². The summed E-state index contributed by atoms with van der Waals surface area (Å²) in [6, 6.07) is 12.0. The van der Waals surface area contributed by atoms with Gasteiger partial charge in [-0.2, -0.15) is 5.10 Å². The number of nitrogens with one attached hydrogen (secondary N) is 2. The number of aromatic nitrogens is 2. The summed E-state index contributed by atoms with van der Waals surface area (Å²) in [7, 11) is 0. The first-order valence-electron chi connectivity index (χ1n) is 8.29. The van der Waals surface area contributed by atoms with Gasteiger partial charge in [-0.1, -0.05) is 18.2 Å². The molecule has 23 heavy (non-hydrogen) atoms. The minimum absolute atomic E-state index is 0.713. The molecule has 4 heteroatoms. The normalized spacial score (nSPS) is 18.3. The third-order valence-corrected chi connectivity index (χ3v) is 5.35. The molecule has 3 heterocycles. The maximum absolute atomic E-state index is 4.21. The summed E-state index contributed by atoms with van der Waals surface area (Å²) >= 11 is 0. The predicted molar refractivity (Wildman–Crippen MR) is 92.2 cm³/mol. The Morgan fingerprint density at radius 1 is 1.09 bits per heavy atom. The van der Waals surface area contributed by atoms with Gasteiger partial charge in [0, 0.05) is 37.6 Å². The molecule has 2 aliphatic heterocycles. The molecule has 0 saturated carbocycles. The Morgan fingerprint density at radius 3 is 2.78 bits per heavy atom. The SMILES string of the molecule is Cc1ccc2[nH]ncc2c1-c1ccc2c(c1)CN(C1CNC1)C2. The van der Waals surface area contributed by atoms with Crippen LogP contribution in [0.3, 0.4) is 0 Å². The van der Waals surface area contributed by atoms with Crippen molar-refractivity contribution >= 4 is 10.9 Å². The van der Waals surface area contributed by atoms with E-state index in [0.29, 0.717) is 6.04 Å². The second-order valence-corrected chi connectivity index (χ2v) is 6.79. The Hall–Kier alpha value is -2.17.